The largest absolute Gasteiger partial charge is 0.480 e. The first-order chi connectivity index (χ1) is 8.51. The summed E-state index contributed by atoms with van der Waals surface area (Å²) in [6.07, 6.45) is 1.05. The summed E-state index contributed by atoms with van der Waals surface area (Å²) in [6, 6.07) is -1.17. The van der Waals surface area contributed by atoms with Crippen LogP contribution in [-0.2, 0) is 4.79 Å². The molecule has 6 heteroatoms. The van der Waals surface area contributed by atoms with Crippen molar-refractivity contribution >= 4 is 12.0 Å². The van der Waals surface area contributed by atoms with Gasteiger partial charge in [-0.3, -0.25) is 0 Å². The number of aliphatic hydroxyl groups excluding tert-OH is 1. The van der Waals surface area contributed by atoms with Crippen molar-refractivity contribution in [3.8, 4) is 0 Å². The molecule has 2 amide bonds. The van der Waals surface area contributed by atoms with Crippen LogP contribution in [0.2, 0.25) is 0 Å². The van der Waals surface area contributed by atoms with E-state index in [4.69, 9.17) is 5.11 Å². The minimum absolute atomic E-state index is 0.111. The van der Waals surface area contributed by atoms with Gasteiger partial charge in [-0.05, 0) is 12.8 Å². The molecule has 0 spiro atoms. The van der Waals surface area contributed by atoms with Crippen molar-refractivity contribution in [3.05, 3.63) is 0 Å². The molecule has 0 saturated carbocycles. The maximum absolute atomic E-state index is 12.3. The summed E-state index contributed by atoms with van der Waals surface area (Å²) in [4.78, 5) is 26.3. The first kappa shape index (κ1) is 14.8. The molecule has 1 aliphatic heterocycles. The number of amides is 2. The maximum Gasteiger partial charge on any atom is 0.326 e. The highest BCUT2D eigenvalue weighted by Crippen LogP contribution is 2.20. The number of carboxylic acid groups (broad SMARTS) is 1. The third-order valence-electron chi connectivity index (χ3n) is 3.07. The quantitative estimate of drug-likeness (QED) is 0.762. The zero-order valence-electron chi connectivity index (χ0n) is 11.0. The van der Waals surface area contributed by atoms with Crippen molar-refractivity contribution in [1.82, 2.24) is 9.80 Å². The van der Waals surface area contributed by atoms with Crippen molar-refractivity contribution in [2.45, 2.75) is 45.3 Å². The average Bonchev–Trinajstić information content (AvgIpc) is 2.70. The van der Waals surface area contributed by atoms with E-state index in [0.29, 0.717) is 13.1 Å². The smallest absolute Gasteiger partial charge is 0.326 e. The lowest BCUT2D eigenvalue weighted by molar-refractivity contribution is -0.141. The molecule has 1 fully saturated rings. The van der Waals surface area contributed by atoms with Gasteiger partial charge in [0.25, 0.3) is 0 Å². The number of hydrogen-bond donors (Lipinski definition) is 2. The molecule has 104 valence electrons. The number of carboxylic acids is 1. The van der Waals surface area contributed by atoms with E-state index in [1.165, 1.54) is 4.90 Å². The van der Waals surface area contributed by atoms with Gasteiger partial charge in [0.1, 0.15) is 6.04 Å². The van der Waals surface area contributed by atoms with Crippen molar-refractivity contribution in [2.24, 2.45) is 0 Å². The van der Waals surface area contributed by atoms with Crippen LogP contribution in [0.3, 0.4) is 0 Å². The molecule has 1 rings (SSSR count). The zero-order valence-corrected chi connectivity index (χ0v) is 11.0. The van der Waals surface area contributed by atoms with Crippen LogP contribution in [0.4, 0.5) is 4.79 Å². The van der Waals surface area contributed by atoms with E-state index >= 15 is 0 Å². The monoisotopic (exact) mass is 258 g/mol. The van der Waals surface area contributed by atoms with E-state index in [1.807, 2.05) is 13.8 Å². The summed E-state index contributed by atoms with van der Waals surface area (Å²) in [7, 11) is 0. The number of β-amino-alcohol motifs (C(OH)–C–C–N with tert-alkyl or cyclic N) is 1. The van der Waals surface area contributed by atoms with Crippen LogP contribution < -0.4 is 0 Å². The van der Waals surface area contributed by atoms with Crippen LogP contribution in [0, 0.1) is 0 Å². The standard InChI is InChI=1S/C12H22N2O4/c1-3-5-13(6-4-2)12(18)14-8-9(15)7-10(14)11(16)17/h9-10,15H,3-8H2,1-2H3,(H,16,17). The van der Waals surface area contributed by atoms with Crippen molar-refractivity contribution in [3.63, 3.8) is 0 Å². The van der Waals surface area contributed by atoms with Crippen molar-refractivity contribution in [1.29, 1.82) is 0 Å². The second-order valence-electron chi connectivity index (χ2n) is 4.67. The van der Waals surface area contributed by atoms with E-state index in [2.05, 4.69) is 0 Å². The van der Waals surface area contributed by atoms with Gasteiger partial charge in [0.2, 0.25) is 0 Å². The Kier molecular flexibility index (Phi) is 5.40. The lowest BCUT2D eigenvalue weighted by Crippen LogP contribution is -2.48. The average molecular weight is 258 g/mol. The number of nitrogens with zero attached hydrogens (tertiary/aromatic N) is 2. The number of likely N-dealkylation sites (tertiary alicyclic amines) is 1. The molecule has 0 aliphatic carbocycles. The number of aliphatic hydroxyl groups is 1. The minimum atomic E-state index is -1.05. The molecule has 0 aromatic rings. The Morgan fingerprint density at radius 1 is 1.28 bits per heavy atom. The Morgan fingerprint density at radius 2 is 1.83 bits per heavy atom. The lowest BCUT2D eigenvalue weighted by atomic mass is 10.2. The fourth-order valence-electron chi connectivity index (χ4n) is 2.28. The predicted molar refractivity (Wildman–Crippen MR) is 66.3 cm³/mol. The van der Waals surface area contributed by atoms with Crippen molar-refractivity contribution < 1.29 is 19.8 Å². The molecule has 1 heterocycles. The Hall–Kier alpha value is -1.30. The van der Waals surface area contributed by atoms with E-state index in [1.54, 1.807) is 4.90 Å². The minimum Gasteiger partial charge on any atom is -0.480 e. The molecule has 2 unspecified atom stereocenters. The highest BCUT2D eigenvalue weighted by Gasteiger charge is 2.40. The van der Waals surface area contributed by atoms with Crippen LogP contribution in [0.25, 0.3) is 0 Å². The van der Waals surface area contributed by atoms with Gasteiger partial charge in [-0.2, -0.15) is 0 Å². The molecule has 0 aromatic heterocycles. The lowest BCUT2D eigenvalue weighted by Gasteiger charge is -2.29. The SMILES string of the molecule is CCCN(CCC)C(=O)N1CC(O)CC1C(=O)O. The van der Waals surface area contributed by atoms with Gasteiger partial charge in [-0.1, -0.05) is 13.8 Å². The maximum atomic E-state index is 12.3. The molecule has 1 saturated heterocycles. The van der Waals surface area contributed by atoms with Gasteiger partial charge in [-0.15, -0.1) is 0 Å². The molecule has 18 heavy (non-hydrogen) atoms. The summed E-state index contributed by atoms with van der Waals surface area (Å²) in [5, 5.41) is 18.6. The summed E-state index contributed by atoms with van der Waals surface area (Å²) in [5.41, 5.74) is 0. The third-order valence-corrected chi connectivity index (χ3v) is 3.07. The molecule has 0 aromatic carbocycles. The molecular weight excluding hydrogens is 236 g/mol. The first-order valence-corrected chi connectivity index (χ1v) is 6.47. The van der Waals surface area contributed by atoms with Gasteiger partial charge >= 0.3 is 12.0 Å². The summed E-state index contributed by atoms with van der Waals surface area (Å²) in [6.45, 7) is 5.30. The zero-order chi connectivity index (χ0) is 13.7. The highest BCUT2D eigenvalue weighted by atomic mass is 16.4. The number of carbonyl (C=O) groups is 2. The molecule has 6 nitrogen and oxygen atoms in total. The molecule has 0 radical (unpaired) electrons. The van der Waals surface area contributed by atoms with E-state index in [9.17, 15) is 14.7 Å². The summed E-state index contributed by atoms with van der Waals surface area (Å²) < 4.78 is 0. The third kappa shape index (κ3) is 3.35. The molecule has 1 aliphatic rings. The fourth-order valence-corrected chi connectivity index (χ4v) is 2.28. The Balaban J connectivity index is 2.76. The van der Waals surface area contributed by atoms with Crippen LogP contribution in [0.1, 0.15) is 33.1 Å². The normalized spacial score (nSPS) is 23.2. The second-order valence-corrected chi connectivity index (χ2v) is 4.67. The molecule has 2 atom stereocenters. The number of carbonyl (C=O) groups excluding carboxylic acids is 1. The Labute approximate surface area is 107 Å². The predicted octanol–water partition coefficient (Wildman–Crippen LogP) is 0.748. The first-order valence-electron chi connectivity index (χ1n) is 6.47. The van der Waals surface area contributed by atoms with Gasteiger partial charge < -0.3 is 20.0 Å². The summed E-state index contributed by atoms with van der Waals surface area (Å²) >= 11 is 0. The van der Waals surface area contributed by atoms with Crippen LogP contribution in [-0.4, -0.2) is 63.8 Å². The second kappa shape index (κ2) is 6.58. The molecule has 0 bridgehead atoms. The van der Waals surface area contributed by atoms with E-state index < -0.39 is 18.1 Å². The molecule has 2 N–H and O–H groups in total. The van der Waals surface area contributed by atoms with Crippen LogP contribution >= 0.6 is 0 Å². The summed E-state index contributed by atoms with van der Waals surface area (Å²) in [5.74, 6) is -1.05. The van der Waals surface area contributed by atoms with Gasteiger partial charge in [0, 0.05) is 26.1 Å². The number of rotatable bonds is 5. The van der Waals surface area contributed by atoms with E-state index in [0.717, 1.165) is 12.8 Å². The number of aliphatic carboxylic acids is 1. The highest BCUT2D eigenvalue weighted by molar-refractivity contribution is 5.83. The van der Waals surface area contributed by atoms with Crippen molar-refractivity contribution in [2.75, 3.05) is 19.6 Å². The fraction of sp³-hybridized carbons (Fsp3) is 0.833. The number of hydrogen-bond acceptors (Lipinski definition) is 3. The Morgan fingerprint density at radius 3 is 2.28 bits per heavy atom. The molecular formula is C12H22N2O4. The van der Waals surface area contributed by atoms with Crippen LogP contribution in [0.5, 0.6) is 0 Å². The number of urea groups is 1. The van der Waals surface area contributed by atoms with Gasteiger partial charge in [0.05, 0.1) is 6.10 Å². The van der Waals surface area contributed by atoms with Gasteiger partial charge in [0.15, 0.2) is 0 Å². The van der Waals surface area contributed by atoms with Gasteiger partial charge in [-0.25, -0.2) is 9.59 Å². The van der Waals surface area contributed by atoms with Crippen LogP contribution in [0.15, 0.2) is 0 Å². The Bertz CT molecular complexity index is 302. The van der Waals surface area contributed by atoms with E-state index in [-0.39, 0.29) is 19.0 Å². The topological polar surface area (TPSA) is 81.1 Å².